The van der Waals surface area contributed by atoms with Crippen molar-refractivity contribution in [2.75, 3.05) is 0 Å². The van der Waals surface area contributed by atoms with Gasteiger partial charge in [0.2, 0.25) is 0 Å². The Hall–Kier alpha value is -0.730. The summed E-state index contributed by atoms with van der Waals surface area (Å²) in [6.07, 6.45) is 8.03. The average Bonchev–Trinajstić information content (AvgIpc) is 2.23. The highest BCUT2D eigenvalue weighted by molar-refractivity contribution is 5.68. The molecule has 4 fully saturated rings. The number of ether oxygens (including phenoxy) is 1. The van der Waals surface area contributed by atoms with E-state index in [1.807, 2.05) is 20.8 Å². The van der Waals surface area contributed by atoms with Gasteiger partial charge in [-0.05, 0) is 89.4 Å². The van der Waals surface area contributed by atoms with Crippen molar-refractivity contribution in [3.8, 4) is 0 Å². The predicted molar refractivity (Wildman–Crippen MR) is 79.4 cm³/mol. The van der Waals surface area contributed by atoms with E-state index in [1.54, 1.807) is 0 Å². The fraction of sp³-hybridized carbons (Fsp3) is 0.941. The topological polar surface area (TPSA) is 38.3 Å². The number of hydrogen-bond donors (Lipinski definition) is 1. The molecule has 1 unspecified atom stereocenters. The maximum absolute atomic E-state index is 12.0. The molecule has 4 rings (SSSR count). The zero-order chi connectivity index (χ0) is 14.5. The second kappa shape index (κ2) is 4.64. The number of rotatable bonds is 2. The van der Waals surface area contributed by atoms with Gasteiger partial charge in [0, 0.05) is 6.04 Å². The lowest BCUT2D eigenvalue weighted by molar-refractivity contribution is -0.0710. The molecular weight excluding hydrogens is 250 g/mol. The van der Waals surface area contributed by atoms with E-state index in [1.165, 1.54) is 38.5 Å². The molecule has 0 aromatic heterocycles. The lowest BCUT2D eigenvalue weighted by Crippen LogP contribution is -2.56. The summed E-state index contributed by atoms with van der Waals surface area (Å²) in [4.78, 5) is 12.0. The van der Waals surface area contributed by atoms with Crippen LogP contribution >= 0.6 is 0 Å². The second-order valence-electron chi connectivity index (χ2n) is 8.65. The highest BCUT2D eigenvalue weighted by atomic mass is 16.6. The van der Waals surface area contributed by atoms with Gasteiger partial charge in [0.1, 0.15) is 5.60 Å². The van der Waals surface area contributed by atoms with E-state index in [9.17, 15) is 4.79 Å². The third-order valence-electron chi connectivity index (χ3n) is 5.74. The first-order valence-corrected chi connectivity index (χ1v) is 8.25. The number of alkyl carbamates (subject to hydrolysis) is 1. The van der Waals surface area contributed by atoms with Gasteiger partial charge in [-0.25, -0.2) is 4.79 Å². The van der Waals surface area contributed by atoms with Crippen molar-refractivity contribution in [1.29, 1.82) is 0 Å². The van der Waals surface area contributed by atoms with E-state index in [4.69, 9.17) is 4.74 Å². The first kappa shape index (κ1) is 14.2. The molecule has 20 heavy (non-hydrogen) atoms. The Morgan fingerprint density at radius 1 is 1.10 bits per heavy atom. The summed E-state index contributed by atoms with van der Waals surface area (Å²) in [5, 5.41) is 3.13. The molecule has 0 spiro atoms. The van der Waals surface area contributed by atoms with Gasteiger partial charge in [-0.15, -0.1) is 0 Å². The van der Waals surface area contributed by atoms with Crippen molar-refractivity contribution in [1.82, 2.24) is 5.32 Å². The normalized spacial score (nSPS) is 40.5. The van der Waals surface area contributed by atoms with Gasteiger partial charge in [0.05, 0.1) is 0 Å². The van der Waals surface area contributed by atoms with Crippen molar-refractivity contribution in [3.63, 3.8) is 0 Å². The van der Waals surface area contributed by atoms with Crippen molar-refractivity contribution in [3.05, 3.63) is 0 Å². The number of carbonyl (C=O) groups is 1. The molecule has 4 saturated carbocycles. The van der Waals surface area contributed by atoms with Crippen LogP contribution in [0, 0.1) is 23.2 Å². The molecule has 0 aromatic rings. The third-order valence-corrected chi connectivity index (χ3v) is 5.74. The van der Waals surface area contributed by atoms with E-state index in [0.29, 0.717) is 5.41 Å². The first-order chi connectivity index (χ1) is 9.26. The van der Waals surface area contributed by atoms with Gasteiger partial charge in [-0.2, -0.15) is 0 Å². The maximum Gasteiger partial charge on any atom is 0.407 e. The number of hydrogen-bond acceptors (Lipinski definition) is 2. The Labute approximate surface area is 122 Å². The highest BCUT2D eigenvalue weighted by Gasteiger charge is 2.53. The Morgan fingerprint density at radius 2 is 1.55 bits per heavy atom. The van der Waals surface area contributed by atoms with E-state index in [-0.39, 0.29) is 12.1 Å². The van der Waals surface area contributed by atoms with E-state index in [0.717, 1.165) is 17.8 Å². The smallest absolute Gasteiger partial charge is 0.407 e. The molecular formula is C17H29NO2. The minimum Gasteiger partial charge on any atom is -0.444 e. The molecule has 4 aliphatic carbocycles. The minimum atomic E-state index is -0.411. The molecule has 0 aromatic carbocycles. The standard InChI is InChI=1S/C17H29NO2/c1-11(18-15(19)20-16(2,3)4)17-8-12-5-13(9-17)7-14(6-12)10-17/h11-14H,5-10H2,1-4H3,(H,18,19). The SMILES string of the molecule is CC(NC(=O)OC(C)(C)C)C12CC3CC(CC(C3)C1)C2. The van der Waals surface area contributed by atoms with Crippen molar-refractivity contribution in [2.24, 2.45) is 23.2 Å². The lowest BCUT2D eigenvalue weighted by Gasteiger charge is -2.59. The van der Waals surface area contributed by atoms with Crippen LogP contribution in [0.1, 0.15) is 66.2 Å². The van der Waals surface area contributed by atoms with Gasteiger partial charge >= 0.3 is 6.09 Å². The highest BCUT2D eigenvalue weighted by Crippen LogP contribution is 2.61. The number of nitrogens with one attached hydrogen (secondary N) is 1. The Balaban J connectivity index is 1.65. The molecule has 1 N–H and O–H groups in total. The van der Waals surface area contributed by atoms with Crippen LogP contribution in [0.15, 0.2) is 0 Å². The maximum atomic E-state index is 12.0. The average molecular weight is 279 g/mol. The molecule has 3 heteroatoms. The van der Waals surface area contributed by atoms with Crippen LogP contribution in [0.2, 0.25) is 0 Å². The second-order valence-corrected chi connectivity index (χ2v) is 8.65. The van der Waals surface area contributed by atoms with Crippen LogP contribution in [0.4, 0.5) is 4.79 Å². The number of carbonyl (C=O) groups excluding carboxylic acids is 1. The minimum absolute atomic E-state index is 0.241. The predicted octanol–water partition coefficient (Wildman–Crippen LogP) is 4.12. The Kier molecular flexibility index (Phi) is 3.30. The summed E-state index contributed by atoms with van der Waals surface area (Å²) in [7, 11) is 0. The largest absolute Gasteiger partial charge is 0.444 e. The van der Waals surface area contributed by atoms with Gasteiger partial charge in [0.25, 0.3) is 0 Å². The summed E-state index contributed by atoms with van der Waals surface area (Å²) in [5.74, 6) is 2.76. The van der Waals surface area contributed by atoms with Crippen molar-refractivity contribution < 1.29 is 9.53 Å². The monoisotopic (exact) mass is 279 g/mol. The van der Waals surface area contributed by atoms with Crippen LogP contribution in [-0.2, 0) is 4.74 Å². The summed E-state index contributed by atoms with van der Waals surface area (Å²) >= 11 is 0. The van der Waals surface area contributed by atoms with Gasteiger partial charge < -0.3 is 10.1 Å². The third kappa shape index (κ3) is 2.68. The Morgan fingerprint density at radius 3 is 1.95 bits per heavy atom. The van der Waals surface area contributed by atoms with Crippen LogP contribution in [0.3, 0.4) is 0 Å². The molecule has 0 aliphatic heterocycles. The molecule has 1 atom stereocenters. The van der Waals surface area contributed by atoms with Crippen LogP contribution in [0.25, 0.3) is 0 Å². The van der Waals surface area contributed by atoms with Gasteiger partial charge in [0.15, 0.2) is 0 Å². The quantitative estimate of drug-likeness (QED) is 0.826. The van der Waals surface area contributed by atoms with Crippen LogP contribution < -0.4 is 5.32 Å². The van der Waals surface area contributed by atoms with Crippen LogP contribution in [0.5, 0.6) is 0 Å². The molecule has 0 radical (unpaired) electrons. The van der Waals surface area contributed by atoms with E-state index >= 15 is 0 Å². The van der Waals surface area contributed by atoms with E-state index in [2.05, 4.69) is 12.2 Å². The Bertz CT molecular complexity index is 361. The molecule has 0 heterocycles. The van der Waals surface area contributed by atoms with Crippen molar-refractivity contribution >= 4 is 6.09 Å². The fourth-order valence-electron chi connectivity index (χ4n) is 5.35. The zero-order valence-electron chi connectivity index (χ0n) is 13.4. The van der Waals surface area contributed by atoms with Gasteiger partial charge in [-0.3, -0.25) is 0 Å². The number of amides is 1. The summed E-state index contributed by atoms with van der Waals surface area (Å²) in [6.45, 7) is 7.95. The fourth-order valence-corrected chi connectivity index (χ4v) is 5.35. The molecule has 3 nitrogen and oxygen atoms in total. The molecule has 4 aliphatic rings. The first-order valence-electron chi connectivity index (χ1n) is 8.25. The molecule has 114 valence electrons. The van der Waals surface area contributed by atoms with E-state index < -0.39 is 5.60 Å². The van der Waals surface area contributed by atoms with Crippen molar-refractivity contribution in [2.45, 2.75) is 77.9 Å². The summed E-state index contributed by atoms with van der Waals surface area (Å²) in [5.41, 5.74) is -0.0586. The lowest BCUT2D eigenvalue weighted by atomic mass is 9.48. The molecule has 4 bridgehead atoms. The molecule has 1 amide bonds. The molecule has 0 saturated heterocycles. The van der Waals surface area contributed by atoms with Crippen LogP contribution in [-0.4, -0.2) is 17.7 Å². The summed E-state index contributed by atoms with van der Waals surface area (Å²) < 4.78 is 5.42. The van der Waals surface area contributed by atoms with Gasteiger partial charge in [-0.1, -0.05) is 0 Å². The zero-order valence-corrected chi connectivity index (χ0v) is 13.4. The summed E-state index contributed by atoms with van der Waals surface area (Å²) in [6, 6.07) is 0.241.